The number of fused-ring (bicyclic) bond motifs is 1. The quantitative estimate of drug-likeness (QED) is 0.914. The number of nitrogens with one attached hydrogen (secondary N) is 1. The van der Waals surface area contributed by atoms with Gasteiger partial charge in [0.05, 0.1) is 23.6 Å². The van der Waals surface area contributed by atoms with Crippen LogP contribution in [0.5, 0.6) is 0 Å². The van der Waals surface area contributed by atoms with E-state index in [-0.39, 0.29) is 0 Å². The number of nitrogens with zero attached hydrogens (tertiary/aromatic N) is 2. The van der Waals surface area contributed by atoms with E-state index < -0.39 is 0 Å². The SMILES string of the molecule is CC1CCC(Nc2cnccc2N(C)C)c2ccccc21. The van der Waals surface area contributed by atoms with Gasteiger partial charge < -0.3 is 10.2 Å². The molecule has 0 saturated carbocycles. The molecule has 1 aliphatic carbocycles. The molecule has 1 aromatic heterocycles. The lowest BCUT2D eigenvalue weighted by molar-refractivity contribution is 0.534. The molecule has 2 unspecified atom stereocenters. The molecule has 1 aromatic carbocycles. The number of benzene rings is 1. The molecular formula is C18H23N3. The Hall–Kier alpha value is -2.03. The number of anilines is 2. The summed E-state index contributed by atoms with van der Waals surface area (Å²) in [6.45, 7) is 2.32. The van der Waals surface area contributed by atoms with Gasteiger partial charge in [-0.25, -0.2) is 0 Å². The smallest absolute Gasteiger partial charge is 0.0769 e. The van der Waals surface area contributed by atoms with Crippen LogP contribution in [0.2, 0.25) is 0 Å². The van der Waals surface area contributed by atoms with Gasteiger partial charge in [0.15, 0.2) is 0 Å². The third-order valence-corrected chi connectivity index (χ3v) is 4.40. The molecule has 0 aliphatic heterocycles. The predicted molar refractivity (Wildman–Crippen MR) is 89.0 cm³/mol. The monoisotopic (exact) mass is 281 g/mol. The van der Waals surface area contributed by atoms with E-state index in [9.17, 15) is 0 Å². The Bertz CT molecular complexity index is 621. The van der Waals surface area contributed by atoms with Crippen molar-refractivity contribution in [3.05, 3.63) is 53.9 Å². The fraction of sp³-hybridized carbons (Fsp3) is 0.389. The molecule has 0 radical (unpaired) electrons. The zero-order chi connectivity index (χ0) is 14.8. The summed E-state index contributed by atoms with van der Waals surface area (Å²) < 4.78 is 0. The molecular weight excluding hydrogens is 258 g/mol. The lowest BCUT2D eigenvalue weighted by Crippen LogP contribution is -2.21. The molecule has 3 heteroatoms. The Labute approximate surface area is 127 Å². The molecule has 3 nitrogen and oxygen atoms in total. The Morgan fingerprint density at radius 3 is 2.62 bits per heavy atom. The maximum atomic E-state index is 4.27. The van der Waals surface area contributed by atoms with Crippen molar-refractivity contribution in [2.45, 2.75) is 31.7 Å². The van der Waals surface area contributed by atoms with E-state index in [4.69, 9.17) is 0 Å². The van der Waals surface area contributed by atoms with E-state index in [1.807, 2.05) is 12.4 Å². The standard InChI is InChI=1S/C18H23N3/c1-13-8-9-16(15-7-5-4-6-14(13)15)20-17-12-19-11-10-18(17)21(2)3/h4-7,10-13,16,20H,8-9H2,1-3H3. The lowest BCUT2D eigenvalue weighted by atomic mass is 9.81. The highest BCUT2D eigenvalue weighted by molar-refractivity contribution is 5.68. The van der Waals surface area contributed by atoms with Crippen molar-refractivity contribution in [1.82, 2.24) is 4.98 Å². The van der Waals surface area contributed by atoms with E-state index >= 15 is 0 Å². The van der Waals surface area contributed by atoms with Crippen LogP contribution in [0.1, 0.15) is 42.9 Å². The zero-order valence-corrected chi connectivity index (χ0v) is 13.0. The first-order valence-corrected chi connectivity index (χ1v) is 7.63. The molecule has 0 fully saturated rings. The van der Waals surface area contributed by atoms with E-state index in [1.54, 1.807) is 0 Å². The number of aromatic nitrogens is 1. The summed E-state index contributed by atoms with van der Waals surface area (Å²) in [6.07, 6.45) is 6.17. The molecule has 1 heterocycles. The lowest BCUT2D eigenvalue weighted by Gasteiger charge is -2.32. The molecule has 2 atom stereocenters. The van der Waals surface area contributed by atoms with Gasteiger partial charge in [0.2, 0.25) is 0 Å². The second-order valence-electron chi connectivity index (χ2n) is 6.09. The van der Waals surface area contributed by atoms with Gasteiger partial charge in [-0.05, 0) is 36.0 Å². The summed E-state index contributed by atoms with van der Waals surface area (Å²) in [5.74, 6) is 0.654. The highest BCUT2D eigenvalue weighted by Gasteiger charge is 2.24. The van der Waals surface area contributed by atoms with Crippen LogP contribution in [0.4, 0.5) is 11.4 Å². The van der Waals surface area contributed by atoms with Gasteiger partial charge in [0.25, 0.3) is 0 Å². The molecule has 1 aliphatic rings. The highest BCUT2D eigenvalue weighted by Crippen LogP contribution is 2.39. The molecule has 110 valence electrons. The largest absolute Gasteiger partial charge is 0.376 e. The highest BCUT2D eigenvalue weighted by atomic mass is 15.1. The average molecular weight is 281 g/mol. The second kappa shape index (κ2) is 5.76. The minimum atomic E-state index is 0.375. The Kier molecular flexibility index (Phi) is 3.82. The third-order valence-electron chi connectivity index (χ3n) is 4.40. The van der Waals surface area contributed by atoms with Gasteiger partial charge in [-0.3, -0.25) is 4.98 Å². The fourth-order valence-corrected chi connectivity index (χ4v) is 3.23. The van der Waals surface area contributed by atoms with Crippen LogP contribution in [-0.2, 0) is 0 Å². The Morgan fingerprint density at radius 2 is 1.86 bits per heavy atom. The molecule has 0 saturated heterocycles. The Balaban J connectivity index is 1.92. The van der Waals surface area contributed by atoms with Crippen LogP contribution in [-0.4, -0.2) is 19.1 Å². The van der Waals surface area contributed by atoms with Crippen LogP contribution in [0.25, 0.3) is 0 Å². The van der Waals surface area contributed by atoms with E-state index in [1.165, 1.54) is 29.7 Å². The third kappa shape index (κ3) is 2.73. The van der Waals surface area contributed by atoms with E-state index in [0.717, 1.165) is 5.69 Å². The topological polar surface area (TPSA) is 28.2 Å². The molecule has 3 rings (SSSR count). The summed E-state index contributed by atoms with van der Waals surface area (Å²) in [5.41, 5.74) is 5.21. The fourth-order valence-electron chi connectivity index (χ4n) is 3.23. The molecule has 2 aromatic rings. The number of hydrogen-bond donors (Lipinski definition) is 1. The molecule has 1 N–H and O–H groups in total. The van der Waals surface area contributed by atoms with Gasteiger partial charge in [0, 0.05) is 20.3 Å². The zero-order valence-electron chi connectivity index (χ0n) is 13.0. The first-order chi connectivity index (χ1) is 10.2. The first-order valence-electron chi connectivity index (χ1n) is 7.63. The summed E-state index contributed by atoms with van der Waals surface area (Å²) in [5, 5.41) is 3.70. The van der Waals surface area contributed by atoms with Crippen molar-refractivity contribution in [1.29, 1.82) is 0 Å². The van der Waals surface area contributed by atoms with Crippen LogP contribution in [0.3, 0.4) is 0 Å². The van der Waals surface area contributed by atoms with Crippen molar-refractivity contribution in [3.8, 4) is 0 Å². The van der Waals surface area contributed by atoms with E-state index in [0.29, 0.717) is 12.0 Å². The minimum Gasteiger partial charge on any atom is -0.376 e. The maximum absolute atomic E-state index is 4.27. The van der Waals surface area contributed by atoms with Crippen molar-refractivity contribution in [3.63, 3.8) is 0 Å². The van der Waals surface area contributed by atoms with Gasteiger partial charge in [-0.15, -0.1) is 0 Å². The molecule has 21 heavy (non-hydrogen) atoms. The van der Waals surface area contributed by atoms with Gasteiger partial charge >= 0.3 is 0 Å². The van der Waals surface area contributed by atoms with Crippen LogP contribution < -0.4 is 10.2 Å². The summed E-state index contributed by atoms with van der Waals surface area (Å²) in [4.78, 5) is 6.40. The molecule has 0 amide bonds. The predicted octanol–water partition coefficient (Wildman–Crippen LogP) is 4.20. The van der Waals surface area contributed by atoms with Crippen molar-refractivity contribution in [2.24, 2.45) is 0 Å². The van der Waals surface area contributed by atoms with Crippen molar-refractivity contribution in [2.75, 3.05) is 24.3 Å². The Morgan fingerprint density at radius 1 is 1.10 bits per heavy atom. The first kappa shape index (κ1) is 13.9. The minimum absolute atomic E-state index is 0.375. The maximum Gasteiger partial charge on any atom is 0.0769 e. The van der Waals surface area contributed by atoms with Gasteiger partial charge in [-0.2, -0.15) is 0 Å². The molecule has 0 spiro atoms. The van der Waals surface area contributed by atoms with Crippen LogP contribution in [0.15, 0.2) is 42.7 Å². The number of pyridine rings is 1. The summed E-state index contributed by atoms with van der Waals surface area (Å²) in [7, 11) is 4.13. The second-order valence-corrected chi connectivity index (χ2v) is 6.09. The summed E-state index contributed by atoms with van der Waals surface area (Å²) >= 11 is 0. The van der Waals surface area contributed by atoms with Crippen molar-refractivity contribution >= 4 is 11.4 Å². The number of rotatable bonds is 3. The molecule has 0 bridgehead atoms. The van der Waals surface area contributed by atoms with E-state index in [2.05, 4.69) is 66.6 Å². The van der Waals surface area contributed by atoms with Crippen LogP contribution >= 0.6 is 0 Å². The van der Waals surface area contributed by atoms with Crippen molar-refractivity contribution < 1.29 is 0 Å². The normalized spacial score (nSPS) is 20.7. The van der Waals surface area contributed by atoms with Crippen LogP contribution in [0, 0.1) is 0 Å². The average Bonchev–Trinajstić information content (AvgIpc) is 2.51. The van der Waals surface area contributed by atoms with Gasteiger partial charge in [0.1, 0.15) is 0 Å². The van der Waals surface area contributed by atoms with Gasteiger partial charge in [-0.1, -0.05) is 31.2 Å². The summed E-state index contributed by atoms with van der Waals surface area (Å²) in [6, 6.07) is 11.2. The number of hydrogen-bond acceptors (Lipinski definition) is 3.